The molecule has 2 aromatic heterocycles. The van der Waals surface area contributed by atoms with Crippen LogP contribution >= 0.6 is 0 Å². The predicted molar refractivity (Wildman–Crippen MR) is 223 cm³/mol. The van der Waals surface area contributed by atoms with Gasteiger partial charge in [0.15, 0.2) is 0 Å². The Morgan fingerprint density at radius 2 is 0.660 bits per heavy atom. The number of anilines is 3. The van der Waals surface area contributed by atoms with Gasteiger partial charge in [-0.2, -0.15) is 0 Å². The van der Waals surface area contributed by atoms with Crippen LogP contribution in [0.15, 0.2) is 201 Å². The summed E-state index contributed by atoms with van der Waals surface area (Å²) >= 11 is 0. The van der Waals surface area contributed by atoms with Crippen molar-refractivity contribution in [3.8, 4) is 33.4 Å². The molecule has 0 aliphatic heterocycles. The summed E-state index contributed by atoms with van der Waals surface area (Å²) in [5.74, 6) is 0. The third-order valence-electron chi connectivity index (χ3n) is 10.4. The Hall–Kier alpha value is -7.10. The molecule has 53 heavy (non-hydrogen) atoms. The zero-order valence-electron chi connectivity index (χ0n) is 28.9. The largest absolute Gasteiger partial charge is 0.309 e. The quantitative estimate of drug-likeness (QED) is 0.130. The van der Waals surface area contributed by atoms with E-state index in [1.807, 2.05) is 24.8 Å². The third kappa shape index (κ3) is 5.13. The molecule has 2 heterocycles. The minimum atomic E-state index is 1.10. The first kappa shape index (κ1) is 30.7. The van der Waals surface area contributed by atoms with Crippen LogP contribution in [-0.4, -0.2) is 9.97 Å². The average Bonchev–Trinajstić information content (AvgIpc) is 3.24. The molecule has 3 nitrogen and oxygen atoms in total. The summed E-state index contributed by atoms with van der Waals surface area (Å²) in [6.45, 7) is 0. The number of fused-ring (bicyclic) bond motifs is 5. The molecule has 0 atom stereocenters. The van der Waals surface area contributed by atoms with Crippen LogP contribution in [0.1, 0.15) is 0 Å². The summed E-state index contributed by atoms with van der Waals surface area (Å²) in [6.07, 6.45) is 7.58. The number of hydrogen-bond donors (Lipinski definition) is 0. The number of aromatic nitrogens is 2. The molecule has 10 aromatic rings. The maximum Gasteiger partial charge on any atom is 0.0624 e. The first-order valence-corrected chi connectivity index (χ1v) is 18.0. The Balaban J connectivity index is 1.46. The molecule has 3 heteroatoms. The second kappa shape index (κ2) is 12.9. The van der Waals surface area contributed by atoms with Crippen LogP contribution < -0.4 is 4.90 Å². The smallest absolute Gasteiger partial charge is 0.0624 e. The van der Waals surface area contributed by atoms with Crippen molar-refractivity contribution >= 4 is 60.2 Å². The predicted octanol–water partition coefficient (Wildman–Crippen LogP) is 13.6. The van der Waals surface area contributed by atoms with Crippen molar-refractivity contribution in [1.29, 1.82) is 0 Å². The number of benzene rings is 8. The molecule has 248 valence electrons. The first-order valence-electron chi connectivity index (χ1n) is 18.0. The van der Waals surface area contributed by atoms with E-state index in [1.54, 1.807) is 0 Å². The molecule has 10 rings (SSSR count). The maximum atomic E-state index is 4.41. The second-order valence-corrected chi connectivity index (χ2v) is 13.4. The van der Waals surface area contributed by atoms with Gasteiger partial charge < -0.3 is 4.90 Å². The van der Waals surface area contributed by atoms with Gasteiger partial charge in [-0.15, -0.1) is 0 Å². The first-order chi connectivity index (χ1) is 26.3. The highest BCUT2D eigenvalue weighted by Gasteiger charge is 2.25. The lowest BCUT2D eigenvalue weighted by atomic mass is 9.83. The van der Waals surface area contributed by atoms with E-state index >= 15 is 0 Å². The number of rotatable bonds is 6. The molecule has 0 bridgehead atoms. The normalized spacial score (nSPS) is 11.4. The lowest BCUT2D eigenvalue weighted by molar-refractivity contribution is 1.30. The Morgan fingerprint density at radius 1 is 0.283 bits per heavy atom. The van der Waals surface area contributed by atoms with Crippen molar-refractivity contribution < 1.29 is 0 Å². The minimum absolute atomic E-state index is 1.10. The Morgan fingerprint density at radius 3 is 1.17 bits per heavy atom. The van der Waals surface area contributed by atoms with Crippen LogP contribution in [0.3, 0.4) is 0 Å². The van der Waals surface area contributed by atoms with Crippen molar-refractivity contribution in [1.82, 2.24) is 9.97 Å². The van der Waals surface area contributed by atoms with Gasteiger partial charge in [-0.3, -0.25) is 9.97 Å². The topological polar surface area (TPSA) is 29.0 Å². The molecule has 8 aromatic carbocycles. The van der Waals surface area contributed by atoms with Gasteiger partial charge >= 0.3 is 0 Å². The van der Waals surface area contributed by atoms with Gasteiger partial charge in [0.1, 0.15) is 0 Å². The van der Waals surface area contributed by atoms with Crippen molar-refractivity contribution in [3.63, 3.8) is 0 Å². The van der Waals surface area contributed by atoms with E-state index in [9.17, 15) is 0 Å². The molecule has 0 amide bonds. The zero-order chi connectivity index (χ0) is 35.1. The van der Waals surface area contributed by atoms with E-state index in [0.29, 0.717) is 0 Å². The van der Waals surface area contributed by atoms with Crippen LogP contribution in [0.5, 0.6) is 0 Å². The van der Waals surface area contributed by atoms with Crippen molar-refractivity contribution in [2.24, 2.45) is 0 Å². The van der Waals surface area contributed by atoms with E-state index in [2.05, 4.69) is 191 Å². The number of para-hydroxylation sites is 2. The summed E-state index contributed by atoms with van der Waals surface area (Å²) in [6, 6.07) is 63.5. The highest BCUT2D eigenvalue weighted by atomic mass is 15.1. The minimum Gasteiger partial charge on any atom is -0.309 e. The zero-order valence-corrected chi connectivity index (χ0v) is 28.9. The summed E-state index contributed by atoms with van der Waals surface area (Å²) in [5.41, 5.74) is 10.4. The lowest BCUT2D eigenvalue weighted by Gasteiger charge is -2.31. The molecule has 0 saturated carbocycles. The van der Waals surface area contributed by atoms with E-state index < -0.39 is 0 Å². The Kier molecular flexibility index (Phi) is 7.47. The van der Waals surface area contributed by atoms with Crippen molar-refractivity contribution in [2.45, 2.75) is 0 Å². The summed E-state index contributed by atoms with van der Waals surface area (Å²) in [5, 5.41) is 9.61. The fourth-order valence-electron chi connectivity index (χ4n) is 8.19. The Bertz CT molecular complexity index is 2870. The average molecular weight is 676 g/mol. The molecular weight excluding hydrogens is 643 g/mol. The molecule has 0 fully saturated rings. The highest BCUT2D eigenvalue weighted by molar-refractivity contribution is 6.29. The molecule has 0 spiro atoms. The SMILES string of the molecule is c1ccc(-c2c(N(c3ccccc3)c3ccccc3)c3ccccc3c3cc4c(-c5ccncc5)c5ccccc5c(-c5ccncc5)c4cc23)cc1. The fraction of sp³-hybridized carbons (Fsp3) is 0. The van der Waals surface area contributed by atoms with Crippen molar-refractivity contribution in [3.05, 3.63) is 201 Å². The van der Waals surface area contributed by atoms with Gasteiger partial charge in [0.25, 0.3) is 0 Å². The third-order valence-corrected chi connectivity index (χ3v) is 10.4. The van der Waals surface area contributed by atoms with Gasteiger partial charge in [0.2, 0.25) is 0 Å². The molecule has 0 saturated heterocycles. The summed E-state index contributed by atoms with van der Waals surface area (Å²) < 4.78 is 0. The highest BCUT2D eigenvalue weighted by Crippen LogP contribution is 2.52. The maximum absolute atomic E-state index is 4.41. The molecule has 0 aliphatic carbocycles. The number of pyridine rings is 2. The number of hydrogen-bond acceptors (Lipinski definition) is 3. The van der Waals surface area contributed by atoms with Gasteiger partial charge in [-0.05, 0) is 126 Å². The number of nitrogens with zero attached hydrogens (tertiary/aromatic N) is 3. The molecular formula is C50H33N3. The van der Waals surface area contributed by atoms with Gasteiger partial charge in [-0.1, -0.05) is 115 Å². The van der Waals surface area contributed by atoms with E-state index in [0.717, 1.165) is 33.8 Å². The summed E-state index contributed by atoms with van der Waals surface area (Å²) in [7, 11) is 0. The molecule has 0 unspecified atom stereocenters. The van der Waals surface area contributed by atoms with Gasteiger partial charge in [0.05, 0.1) is 5.69 Å². The van der Waals surface area contributed by atoms with Crippen LogP contribution in [0.2, 0.25) is 0 Å². The van der Waals surface area contributed by atoms with Gasteiger partial charge in [-0.25, -0.2) is 0 Å². The Labute approximate surface area is 308 Å². The standard InChI is InChI=1S/C50H33N3/c1-4-14-34(15-5-1)49-44-33-46-45(47(35-24-28-51-29-25-35)40-21-11-12-22-41(40)48(46)36-26-30-52-31-27-36)32-43(44)39-20-10-13-23-42(39)50(49)53(37-16-6-2-7-17-37)38-18-8-3-9-19-38/h1-33H. The molecule has 0 N–H and O–H groups in total. The van der Waals surface area contributed by atoms with E-state index in [1.165, 1.54) is 59.8 Å². The monoisotopic (exact) mass is 675 g/mol. The van der Waals surface area contributed by atoms with Gasteiger partial charge in [0, 0.05) is 47.1 Å². The van der Waals surface area contributed by atoms with E-state index in [-0.39, 0.29) is 0 Å². The van der Waals surface area contributed by atoms with Crippen LogP contribution in [0.25, 0.3) is 76.5 Å². The molecule has 0 aliphatic rings. The van der Waals surface area contributed by atoms with Crippen LogP contribution in [0, 0.1) is 0 Å². The van der Waals surface area contributed by atoms with Crippen LogP contribution in [-0.2, 0) is 0 Å². The van der Waals surface area contributed by atoms with Crippen LogP contribution in [0.4, 0.5) is 17.1 Å². The fourth-order valence-corrected chi connectivity index (χ4v) is 8.19. The van der Waals surface area contributed by atoms with Crippen molar-refractivity contribution in [2.75, 3.05) is 4.90 Å². The lowest BCUT2D eigenvalue weighted by Crippen LogP contribution is -2.12. The van der Waals surface area contributed by atoms with E-state index in [4.69, 9.17) is 0 Å². The molecule has 0 radical (unpaired) electrons. The summed E-state index contributed by atoms with van der Waals surface area (Å²) in [4.78, 5) is 11.2. The second-order valence-electron chi connectivity index (χ2n) is 13.4.